The maximum Gasteiger partial charge on any atom is 0.166 e. The smallest absolute Gasteiger partial charge is 0.166 e. The number of rotatable bonds is 7. The highest BCUT2D eigenvalue weighted by atomic mass is 35.5. The van der Waals surface area contributed by atoms with E-state index in [1.165, 1.54) is 18.5 Å². The number of hydrogen-bond donors (Lipinski definition) is 2. The predicted octanol–water partition coefficient (Wildman–Crippen LogP) is 5.48. The Bertz CT molecular complexity index is 1480. The maximum absolute atomic E-state index is 15.2. The van der Waals surface area contributed by atoms with Crippen molar-refractivity contribution in [2.24, 2.45) is 7.05 Å². The number of nitrogens with two attached hydrogens (primary N) is 1. The first-order valence-corrected chi connectivity index (χ1v) is 12.8. The van der Waals surface area contributed by atoms with E-state index in [4.69, 9.17) is 22.7 Å². The first-order valence-electron chi connectivity index (χ1n) is 12.4. The third kappa shape index (κ3) is 4.98. The zero-order valence-corrected chi connectivity index (χ0v) is 21.9. The Balaban J connectivity index is 1.34. The van der Waals surface area contributed by atoms with Crippen molar-refractivity contribution in [3.05, 3.63) is 99.7 Å². The molecule has 7 nitrogen and oxygen atoms in total. The van der Waals surface area contributed by atoms with Gasteiger partial charge in [-0.3, -0.25) is 15.1 Å². The highest BCUT2D eigenvalue weighted by molar-refractivity contribution is 6.31. The van der Waals surface area contributed by atoms with E-state index in [9.17, 15) is 4.39 Å². The Morgan fingerprint density at radius 3 is 2.71 bits per heavy atom. The zero-order chi connectivity index (χ0) is 27.0. The van der Waals surface area contributed by atoms with Crippen molar-refractivity contribution in [2.45, 2.75) is 31.6 Å². The number of benzene rings is 1. The summed E-state index contributed by atoms with van der Waals surface area (Å²) < 4.78 is 31.4. The molecule has 5 rings (SSSR count). The lowest BCUT2D eigenvalue weighted by atomic mass is 9.91. The van der Waals surface area contributed by atoms with Crippen LogP contribution in [-0.4, -0.2) is 38.5 Å². The van der Waals surface area contributed by atoms with Crippen LogP contribution in [0.2, 0.25) is 5.02 Å². The Morgan fingerprint density at radius 2 is 2.00 bits per heavy atom. The first-order chi connectivity index (χ1) is 18.2. The molecule has 0 spiro atoms. The van der Waals surface area contributed by atoms with E-state index in [-0.39, 0.29) is 28.4 Å². The van der Waals surface area contributed by atoms with Crippen LogP contribution in [0.1, 0.15) is 53.1 Å². The van der Waals surface area contributed by atoms with Crippen LogP contribution >= 0.6 is 11.6 Å². The summed E-state index contributed by atoms with van der Waals surface area (Å²) >= 11 is 6.19. The van der Waals surface area contributed by atoms with Gasteiger partial charge in [-0.25, -0.2) is 13.8 Å². The van der Waals surface area contributed by atoms with E-state index < -0.39 is 11.6 Å². The molecule has 0 aliphatic carbocycles. The number of halogens is 3. The molecule has 3 aromatic heterocycles. The highest BCUT2D eigenvalue weighted by Crippen LogP contribution is 2.32. The minimum atomic E-state index is -0.482. The quantitative estimate of drug-likeness (QED) is 0.241. The molecule has 0 bridgehead atoms. The molecule has 0 radical (unpaired) electrons. The number of nitrogens with zero attached hydrogens (tertiary/aromatic N) is 5. The fourth-order valence-electron chi connectivity index (χ4n) is 5.23. The summed E-state index contributed by atoms with van der Waals surface area (Å²) in [5.41, 5.74) is 9.80. The zero-order valence-electron chi connectivity index (χ0n) is 21.1. The number of nitrogens with one attached hydrogen (secondary N) is 1. The van der Waals surface area contributed by atoms with Crippen molar-refractivity contribution in [3.8, 4) is 0 Å². The number of pyridine rings is 2. The molecule has 0 amide bonds. The second-order valence-corrected chi connectivity index (χ2v) is 10.2. The summed E-state index contributed by atoms with van der Waals surface area (Å²) in [5.74, 6) is -0.644. The van der Waals surface area contributed by atoms with Gasteiger partial charge in [-0.1, -0.05) is 24.6 Å². The van der Waals surface area contributed by atoms with E-state index in [0.29, 0.717) is 41.9 Å². The summed E-state index contributed by atoms with van der Waals surface area (Å²) in [5, 5.41) is 13.3. The van der Waals surface area contributed by atoms with Crippen molar-refractivity contribution in [1.29, 1.82) is 5.41 Å². The van der Waals surface area contributed by atoms with Gasteiger partial charge in [-0.2, -0.15) is 5.10 Å². The molecular weight excluding hydrogens is 508 g/mol. The summed E-state index contributed by atoms with van der Waals surface area (Å²) in [6.45, 7) is 3.21. The second-order valence-electron chi connectivity index (χ2n) is 9.76. The number of aryl methyl sites for hydroxylation is 1. The van der Waals surface area contributed by atoms with Gasteiger partial charge in [-0.15, -0.1) is 0 Å². The molecule has 1 unspecified atom stereocenters. The minimum Gasteiger partial charge on any atom is -0.398 e. The number of hydrogen-bond acceptors (Lipinski definition) is 6. The minimum absolute atomic E-state index is 0.0669. The van der Waals surface area contributed by atoms with Crippen LogP contribution in [-0.2, 0) is 13.5 Å². The third-order valence-corrected chi connectivity index (χ3v) is 7.49. The van der Waals surface area contributed by atoms with Gasteiger partial charge in [0.25, 0.3) is 0 Å². The SMILES string of the molecule is C[C@@H](Cc1ccc(N)c(C(=N)c2cnc(N3CCC(c4ccnn4C)C3)c(F)c2)c1)c1c(F)cncc1Cl. The molecule has 4 aromatic rings. The van der Waals surface area contributed by atoms with Crippen LogP contribution in [0.5, 0.6) is 0 Å². The second kappa shape index (κ2) is 10.5. The fourth-order valence-corrected chi connectivity index (χ4v) is 5.56. The van der Waals surface area contributed by atoms with E-state index in [1.807, 2.05) is 35.7 Å². The van der Waals surface area contributed by atoms with E-state index in [2.05, 4.69) is 15.1 Å². The molecule has 0 saturated carbocycles. The van der Waals surface area contributed by atoms with Crippen molar-refractivity contribution < 1.29 is 8.78 Å². The molecule has 1 saturated heterocycles. The molecule has 4 heterocycles. The van der Waals surface area contributed by atoms with Gasteiger partial charge >= 0.3 is 0 Å². The lowest BCUT2D eigenvalue weighted by Gasteiger charge is -2.19. The Hall–Kier alpha value is -3.85. The van der Waals surface area contributed by atoms with Crippen LogP contribution in [0.25, 0.3) is 0 Å². The van der Waals surface area contributed by atoms with Gasteiger partial charge < -0.3 is 10.6 Å². The van der Waals surface area contributed by atoms with Gasteiger partial charge in [0.15, 0.2) is 11.6 Å². The molecule has 196 valence electrons. The molecule has 3 N–H and O–H groups in total. The first kappa shape index (κ1) is 25.8. The standard InChI is InChI=1S/C28H28ClF2N7/c1-16(26-21(29)13-34-14-23(26)31)9-17-3-4-24(32)20(10-17)27(33)19-11-22(30)28(35-12-19)38-8-6-18(15-38)25-5-7-36-37(25)2/h3-5,7,10-14,16,18,33H,6,8-9,15,32H2,1-2H3/t16-,18?/m0/s1. The largest absolute Gasteiger partial charge is 0.398 e. The van der Waals surface area contributed by atoms with Gasteiger partial charge in [0, 0.05) is 72.7 Å². The van der Waals surface area contributed by atoms with E-state index in [1.54, 1.807) is 18.3 Å². The maximum atomic E-state index is 15.2. The van der Waals surface area contributed by atoms with Gasteiger partial charge in [0.2, 0.25) is 0 Å². The molecule has 2 atom stereocenters. The van der Waals surface area contributed by atoms with Crippen LogP contribution in [0.3, 0.4) is 0 Å². The summed E-state index contributed by atoms with van der Waals surface area (Å²) in [4.78, 5) is 10.1. The van der Waals surface area contributed by atoms with Gasteiger partial charge in [-0.05, 0) is 48.6 Å². The lowest BCUT2D eigenvalue weighted by Crippen LogP contribution is -2.22. The average Bonchev–Trinajstić information content (AvgIpc) is 3.53. The lowest BCUT2D eigenvalue weighted by molar-refractivity contribution is 0.582. The normalized spacial score (nSPS) is 16.1. The third-order valence-electron chi connectivity index (χ3n) is 7.19. The van der Waals surface area contributed by atoms with Crippen LogP contribution in [0.15, 0.2) is 55.1 Å². The van der Waals surface area contributed by atoms with Crippen LogP contribution < -0.4 is 10.6 Å². The molecule has 1 aromatic carbocycles. The molecule has 1 aliphatic heterocycles. The van der Waals surface area contributed by atoms with Crippen LogP contribution in [0.4, 0.5) is 20.3 Å². The Labute approximate surface area is 224 Å². The fraction of sp³-hybridized carbons (Fsp3) is 0.286. The highest BCUT2D eigenvalue weighted by Gasteiger charge is 2.28. The Morgan fingerprint density at radius 1 is 1.18 bits per heavy atom. The van der Waals surface area contributed by atoms with E-state index >= 15 is 4.39 Å². The molecule has 1 fully saturated rings. The summed E-state index contributed by atoms with van der Waals surface area (Å²) in [6, 6.07) is 8.65. The number of anilines is 2. The molecular formula is C28H28ClF2N7. The molecule has 10 heteroatoms. The van der Waals surface area contributed by atoms with Crippen molar-refractivity contribution in [3.63, 3.8) is 0 Å². The van der Waals surface area contributed by atoms with Gasteiger partial charge in [0.05, 0.1) is 16.9 Å². The van der Waals surface area contributed by atoms with E-state index in [0.717, 1.165) is 23.9 Å². The molecule has 1 aliphatic rings. The van der Waals surface area contributed by atoms with Crippen LogP contribution in [0, 0.1) is 17.0 Å². The average molecular weight is 536 g/mol. The number of nitrogen functional groups attached to an aromatic ring is 1. The van der Waals surface area contributed by atoms with Crippen molar-refractivity contribution >= 4 is 28.8 Å². The summed E-state index contributed by atoms with van der Waals surface area (Å²) in [7, 11) is 1.91. The number of aromatic nitrogens is 4. The van der Waals surface area contributed by atoms with Gasteiger partial charge in [0.1, 0.15) is 5.82 Å². The topological polar surface area (TPSA) is 96.7 Å². The molecule has 38 heavy (non-hydrogen) atoms. The summed E-state index contributed by atoms with van der Waals surface area (Å²) in [6.07, 6.45) is 7.21. The van der Waals surface area contributed by atoms with Crippen molar-refractivity contribution in [1.82, 2.24) is 19.7 Å². The monoisotopic (exact) mass is 535 g/mol. The van der Waals surface area contributed by atoms with Crippen molar-refractivity contribution in [2.75, 3.05) is 23.7 Å². The predicted molar refractivity (Wildman–Crippen MR) is 145 cm³/mol. The Kier molecular flexibility index (Phi) is 7.12.